The van der Waals surface area contributed by atoms with Crippen LogP contribution in [0.4, 0.5) is 0 Å². The smallest absolute Gasteiger partial charge is 0.0924 e. The average Bonchev–Trinajstić information content (AvgIpc) is 3.30. The molecule has 1 nitrogen and oxygen atoms in total. The Bertz CT molecular complexity index is 998. The lowest BCUT2D eigenvalue weighted by Crippen LogP contribution is -2.06. The molecule has 0 spiro atoms. The van der Waals surface area contributed by atoms with Gasteiger partial charge < -0.3 is 4.74 Å². The molecule has 1 heteroatoms. The lowest BCUT2D eigenvalue weighted by atomic mass is 9.84. The number of hydrogen-bond donors (Lipinski definition) is 0. The predicted octanol–water partition coefficient (Wildman–Crippen LogP) is 7.05. The lowest BCUT2D eigenvalue weighted by molar-refractivity contribution is 0.294. The van der Waals surface area contributed by atoms with Crippen molar-refractivity contribution in [2.75, 3.05) is 7.11 Å². The van der Waals surface area contributed by atoms with Crippen molar-refractivity contribution in [3.05, 3.63) is 81.7 Å². The molecule has 1 saturated carbocycles. The van der Waals surface area contributed by atoms with Gasteiger partial charge in [-0.3, -0.25) is 0 Å². The van der Waals surface area contributed by atoms with E-state index in [1.54, 1.807) is 7.11 Å². The van der Waals surface area contributed by atoms with Gasteiger partial charge in [0, 0.05) is 16.7 Å². The Morgan fingerprint density at radius 1 is 0.967 bits per heavy atom. The SMILES string of the molecule is COC(C)=CC=C(C)C#CC1=C(C2CCCC2)C=C(C#Cc2ccc(C)cc2)CC1. The van der Waals surface area contributed by atoms with E-state index in [0.717, 1.165) is 29.7 Å². The summed E-state index contributed by atoms with van der Waals surface area (Å²) in [5, 5.41) is 0. The zero-order chi connectivity index (χ0) is 21.3. The van der Waals surface area contributed by atoms with Gasteiger partial charge in [-0.15, -0.1) is 0 Å². The minimum atomic E-state index is 0.644. The molecule has 1 aromatic carbocycles. The molecule has 0 unspecified atom stereocenters. The second-order valence-corrected chi connectivity index (χ2v) is 8.28. The molecule has 3 rings (SSSR count). The van der Waals surface area contributed by atoms with Crippen LogP contribution in [0.15, 0.2) is 70.5 Å². The fourth-order valence-corrected chi connectivity index (χ4v) is 3.90. The average molecular weight is 397 g/mol. The summed E-state index contributed by atoms with van der Waals surface area (Å²) in [6, 6.07) is 8.45. The van der Waals surface area contributed by atoms with Crippen molar-refractivity contribution in [3.63, 3.8) is 0 Å². The molecule has 2 aliphatic rings. The van der Waals surface area contributed by atoms with Gasteiger partial charge in [-0.2, -0.15) is 0 Å². The summed E-state index contributed by atoms with van der Waals surface area (Å²) in [6.07, 6.45) is 13.5. The van der Waals surface area contributed by atoms with Gasteiger partial charge in [0.25, 0.3) is 0 Å². The lowest BCUT2D eigenvalue weighted by Gasteiger charge is -2.19. The van der Waals surface area contributed by atoms with Crippen molar-refractivity contribution in [1.82, 2.24) is 0 Å². The van der Waals surface area contributed by atoms with Crippen LogP contribution in [0.5, 0.6) is 0 Å². The Labute approximate surface area is 182 Å². The van der Waals surface area contributed by atoms with Gasteiger partial charge in [0.1, 0.15) is 0 Å². The molecule has 0 amide bonds. The first-order chi connectivity index (χ1) is 14.5. The minimum absolute atomic E-state index is 0.644. The Hall–Kier alpha value is -2.90. The van der Waals surface area contributed by atoms with Crippen LogP contribution >= 0.6 is 0 Å². The van der Waals surface area contributed by atoms with Crippen molar-refractivity contribution in [3.8, 4) is 23.7 Å². The van der Waals surface area contributed by atoms with Crippen LogP contribution in [0.2, 0.25) is 0 Å². The van der Waals surface area contributed by atoms with Crippen LogP contribution in [-0.4, -0.2) is 7.11 Å². The van der Waals surface area contributed by atoms with Crippen LogP contribution in [-0.2, 0) is 4.74 Å². The van der Waals surface area contributed by atoms with E-state index in [-0.39, 0.29) is 0 Å². The number of hydrogen-bond acceptors (Lipinski definition) is 1. The number of allylic oxidation sites excluding steroid dienone is 8. The number of methoxy groups -OCH3 is 1. The van der Waals surface area contributed by atoms with E-state index in [4.69, 9.17) is 4.74 Å². The number of ether oxygens (including phenoxy) is 1. The van der Waals surface area contributed by atoms with Crippen LogP contribution in [0.3, 0.4) is 0 Å². The topological polar surface area (TPSA) is 9.23 Å². The first kappa shape index (κ1) is 21.8. The van der Waals surface area contributed by atoms with Crippen molar-refractivity contribution in [2.24, 2.45) is 5.92 Å². The third-order valence-electron chi connectivity index (χ3n) is 5.84. The van der Waals surface area contributed by atoms with Crippen molar-refractivity contribution in [1.29, 1.82) is 0 Å². The summed E-state index contributed by atoms with van der Waals surface area (Å²) in [7, 11) is 1.69. The van der Waals surface area contributed by atoms with Gasteiger partial charge in [0.05, 0.1) is 12.9 Å². The largest absolute Gasteiger partial charge is 0.501 e. The van der Waals surface area contributed by atoms with Gasteiger partial charge in [0.2, 0.25) is 0 Å². The normalized spacial score (nSPS) is 17.7. The predicted molar refractivity (Wildman–Crippen MR) is 127 cm³/mol. The summed E-state index contributed by atoms with van der Waals surface area (Å²) in [5.74, 6) is 15.2. The van der Waals surface area contributed by atoms with Crippen molar-refractivity contribution >= 4 is 0 Å². The van der Waals surface area contributed by atoms with Crippen molar-refractivity contribution in [2.45, 2.75) is 59.3 Å². The zero-order valence-corrected chi connectivity index (χ0v) is 18.8. The van der Waals surface area contributed by atoms with E-state index >= 15 is 0 Å². The van der Waals surface area contributed by atoms with Gasteiger partial charge in [-0.1, -0.05) is 54.2 Å². The standard InChI is InChI=1S/C29H32O/c1-22(9-13-24(3)30-4)12-19-28-20-18-26(21-29(28)27-7-5-6-8-27)17-16-25-14-10-23(2)11-15-25/h9-11,13-15,21,27H,5-8,18,20H2,1-4H3. The maximum Gasteiger partial charge on any atom is 0.0924 e. The zero-order valence-electron chi connectivity index (χ0n) is 18.8. The number of benzene rings is 1. The maximum absolute atomic E-state index is 5.19. The van der Waals surface area contributed by atoms with Gasteiger partial charge >= 0.3 is 0 Å². The highest BCUT2D eigenvalue weighted by atomic mass is 16.5. The molecule has 1 aromatic rings. The van der Waals surface area contributed by atoms with Gasteiger partial charge in [0.15, 0.2) is 0 Å². The fourth-order valence-electron chi connectivity index (χ4n) is 3.90. The molecule has 2 aliphatic carbocycles. The van der Waals surface area contributed by atoms with Crippen LogP contribution < -0.4 is 0 Å². The molecule has 154 valence electrons. The highest BCUT2D eigenvalue weighted by molar-refractivity contribution is 5.52. The summed E-state index contributed by atoms with van der Waals surface area (Å²) in [5.41, 5.74) is 7.40. The first-order valence-electron chi connectivity index (χ1n) is 11.0. The summed E-state index contributed by atoms with van der Waals surface area (Å²) in [6.45, 7) is 6.11. The number of aryl methyl sites for hydroxylation is 1. The van der Waals surface area contributed by atoms with Crippen molar-refractivity contribution < 1.29 is 4.74 Å². The van der Waals surface area contributed by atoms with Gasteiger partial charge in [-0.25, -0.2) is 0 Å². The minimum Gasteiger partial charge on any atom is -0.501 e. The molecule has 0 N–H and O–H groups in total. The Morgan fingerprint density at radius 2 is 1.70 bits per heavy atom. The maximum atomic E-state index is 5.19. The van der Waals surface area contributed by atoms with Crippen LogP contribution in [0.25, 0.3) is 0 Å². The molecule has 0 aromatic heterocycles. The highest BCUT2D eigenvalue weighted by Crippen LogP contribution is 2.37. The molecule has 30 heavy (non-hydrogen) atoms. The van der Waals surface area contributed by atoms with E-state index in [2.05, 4.69) is 67.9 Å². The van der Waals surface area contributed by atoms with E-state index in [0.29, 0.717) is 5.92 Å². The summed E-state index contributed by atoms with van der Waals surface area (Å²) >= 11 is 0. The Morgan fingerprint density at radius 3 is 2.40 bits per heavy atom. The van der Waals surface area contributed by atoms with Gasteiger partial charge in [-0.05, 0) is 93.9 Å². The first-order valence-corrected chi connectivity index (χ1v) is 11.0. The second kappa shape index (κ2) is 10.8. The summed E-state index contributed by atoms with van der Waals surface area (Å²) < 4.78 is 5.19. The molecule has 0 bridgehead atoms. The molecular formula is C29H32O. The monoisotopic (exact) mass is 396 g/mol. The van der Waals surface area contributed by atoms with Crippen LogP contribution in [0, 0.1) is 36.5 Å². The number of rotatable bonds is 3. The van der Waals surface area contributed by atoms with E-state index in [1.165, 1.54) is 48.0 Å². The molecule has 0 atom stereocenters. The third-order valence-corrected chi connectivity index (χ3v) is 5.84. The molecule has 1 fully saturated rings. The molecule has 0 heterocycles. The third kappa shape index (κ3) is 6.30. The van der Waals surface area contributed by atoms with Crippen LogP contribution in [0.1, 0.15) is 63.5 Å². The summed E-state index contributed by atoms with van der Waals surface area (Å²) in [4.78, 5) is 0. The second-order valence-electron chi connectivity index (χ2n) is 8.28. The molecule has 0 radical (unpaired) electrons. The Balaban J connectivity index is 1.86. The molecule has 0 aliphatic heterocycles. The molecule has 0 saturated heterocycles. The fraction of sp³-hybridized carbons (Fsp3) is 0.379. The van der Waals surface area contributed by atoms with E-state index in [9.17, 15) is 0 Å². The molecular weight excluding hydrogens is 364 g/mol. The quantitative estimate of drug-likeness (QED) is 0.302. The Kier molecular flexibility index (Phi) is 7.82. The van der Waals surface area contributed by atoms with E-state index < -0.39 is 0 Å². The highest BCUT2D eigenvalue weighted by Gasteiger charge is 2.23. The van der Waals surface area contributed by atoms with E-state index in [1.807, 2.05) is 19.1 Å².